The Labute approximate surface area is 94.0 Å². The number of methoxy groups -OCH3 is 2. The van der Waals surface area contributed by atoms with Crippen molar-refractivity contribution in [2.45, 2.75) is 12.8 Å². The van der Waals surface area contributed by atoms with Crippen molar-refractivity contribution in [1.29, 1.82) is 0 Å². The molecule has 0 amide bonds. The maximum Gasteiger partial charge on any atom is 0.335 e. The Kier molecular flexibility index (Phi) is 2.85. The van der Waals surface area contributed by atoms with Gasteiger partial charge in [-0.15, -0.1) is 0 Å². The highest BCUT2D eigenvalue weighted by atomic mass is 16.5. The second-order valence-electron chi connectivity index (χ2n) is 3.96. The summed E-state index contributed by atoms with van der Waals surface area (Å²) in [5.74, 6) is -0.879. The molecule has 0 radical (unpaired) electrons. The van der Waals surface area contributed by atoms with E-state index in [9.17, 15) is 9.59 Å². The summed E-state index contributed by atoms with van der Waals surface area (Å²) in [6.45, 7) is 1.61. The first-order chi connectivity index (χ1) is 7.69. The molecule has 1 unspecified atom stereocenters. The zero-order valence-electron chi connectivity index (χ0n) is 9.49. The van der Waals surface area contributed by atoms with E-state index < -0.39 is 0 Å². The fraction of sp³-hybridized carbons (Fsp3) is 0.636. The third kappa shape index (κ3) is 1.56. The summed E-state index contributed by atoms with van der Waals surface area (Å²) in [6, 6.07) is 0. The number of carbonyl (C=O) groups is 2. The first-order valence-corrected chi connectivity index (χ1v) is 5.33. The van der Waals surface area contributed by atoms with Crippen molar-refractivity contribution in [3.8, 4) is 0 Å². The van der Waals surface area contributed by atoms with Crippen molar-refractivity contribution in [2.24, 2.45) is 5.92 Å². The van der Waals surface area contributed by atoms with Gasteiger partial charge in [0.25, 0.3) is 0 Å². The molecule has 5 heteroatoms. The molecule has 0 aromatic carbocycles. The summed E-state index contributed by atoms with van der Waals surface area (Å²) in [5, 5.41) is 0. The van der Waals surface area contributed by atoms with Gasteiger partial charge >= 0.3 is 11.9 Å². The van der Waals surface area contributed by atoms with E-state index in [1.165, 1.54) is 14.2 Å². The lowest BCUT2D eigenvalue weighted by Gasteiger charge is -2.15. The van der Waals surface area contributed by atoms with Crippen LogP contribution < -0.4 is 0 Å². The summed E-state index contributed by atoms with van der Waals surface area (Å²) in [5.41, 5.74) is 1.45. The number of esters is 2. The molecule has 1 fully saturated rings. The SMILES string of the molecule is COC(=O)C1=C2C(C(=O)OC)CCN2CC1. The van der Waals surface area contributed by atoms with E-state index in [0.717, 1.165) is 25.2 Å². The van der Waals surface area contributed by atoms with Crippen molar-refractivity contribution in [1.82, 2.24) is 4.90 Å². The van der Waals surface area contributed by atoms with Gasteiger partial charge in [-0.2, -0.15) is 0 Å². The number of nitrogens with zero attached hydrogens (tertiary/aromatic N) is 1. The van der Waals surface area contributed by atoms with Crippen molar-refractivity contribution in [3.05, 3.63) is 11.3 Å². The Morgan fingerprint density at radius 2 is 2.00 bits per heavy atom. The highest BCUT2D eigenvalue weighted by Gasteiger charge is 2.41. The van der Waals surface area contributed by atoms with Gasteiger partial charge in [-0.05, 0) is 12.8 Å². The summed E-state index contributed by atoms with van der Waals surface area (Å²) in [7, 11) is 2.74. The van der Waals surface area contributed by atoms with E-state index in [-0.39, 0.29) is 17.9 Å². The molecule has 5 nitrogen and oxygen atoms in total. The first kappa shape index (κ1) is 11.0. The maximum absolute atomic E-state index is 11.6. The third-order valence-corrected chi connectivity index (χ3v) is 3.22. The number of rotatable bonds is 2. The minimum Gasteiger partial charge on any atom is -0.469 e. The molecule has 0 spiro atoms. The topological polar surface area (TPSA) is 55.8 Å². The molecule has 0 aliphatic carbocycles. The Morgan fingerprint density at radius 1 is 1.25 bits per heavy atom. The Balaban J connectivity index is 2.31. The highest BCUT2D eigenvalue weighted by molar-refractivity contribution is 5.92. The number of hydrogen-bond donors (Lipinski definition) is 0. The second-order valence-corrected chi connectivity index (χ2v) is 3.96. The van der Waals surface area contributed by atoms with Crippen LogP contribution in [0.1, 0.15) is 12.8 Å². The van der Waals surface area contributed by atoms with Gasteiger partial charge in [0.2, 0.25) is 0 Å². The molecule has 0 aromatic heterocycles. The number of ether oxygens (including phenoxy) is 2. The van der Waals surface area contributed by atoms with Crippen LogP contribution in [0.5, 0.6) is 0 Å². The Hall–Kier alpha value is -1.52. The van der Waals surface area contributed by atoms with Crippen LogP contribution in [-0.2, 0) is 19.1 Å². The standard InChI is InChI=1S/C11H15NO4/c1-15-10(13)7-3-5-12-6-4-8(9(7)12)11(14)16-2/h7H,3-6H2,1-2H3. The Morgan fingerprint density at radius 3 is 2.62 bits per heavy atom. The lowest BCUT2D eigenvalue weighted by molar-refractivity contribution is -0.143. The van der Waals surface area contributed by atoms with Crippen molar-refractivity contribution >= 4 is 11.9 Å². The van der Waals surface area contributed by atoms with Crippen LogP contribution in [0.4, 0.5) is 0 Å². The van der Waals surface area contributed by atoms with Gasteiger partial charge in [0, 0.05) is 18.8 Å². The van der Waals surface area contributed by atoms with Gasteiger partial charge in [-0.3, -0.25) is 4.79 Å². The predicted molar refractivity (Wildman–Crippen MR) is 55.4 cm³/mol. The fourth-order valence-corrected chi connectivity index (χ4v) is 2.47. The fourth-order valence-electron chi connectivity index (χ4n) is 2.47. The number of fused-ring (bicyclic) bond motifs is 1. The van der Waals surface area contributed by atoms with E-state index in [0.29, 0.717) is 12.0 Å². The van der Waals surface area contributed by atoms with E-state index >= 15 is 0 Å². The zero-order valence-corrected chi connectivity index (χ0v) is 9.49. The van der Waals surface area contributed by atoms with Crippen molar-refractivity contribution < 1.29 is 19.1 Å². The van der Waals surface area contributed by atoms with Crippen LogP contribution in [0.15, 0.2) is 11.3 Å². The predicted octanol–water partition coefficient (Wildman–Crippen LogP) is 0.312. The summed E-state index contributed by atoms with van der Waals surface area (Å²) in [4.78, 5) is 25.2. The Bertz CT molecular complexity index is 361. The molecular formula is C11H15NO4. The molecule has 1 saturated heterocycles. The monoisotopic (exact) mass is 225 g/mol. The van der Waals surface area contributed by atoms with Crippen LogP contribution in [-0.4, -0.2) is 44.1 Å². The van der Waals surface area contributed by atoms with Gasteiger partial charge in [0.15, 0.2) is 0 Å². The van der Waals surface area contributed by atoms with Gasteiger partial charge in [0.05, 0.1) is 25.7 Å². The number of hydrogen-bond acceptors (Lipinski definition) is 5. The molecule has 0 aromatic rings. The van der Waals surface area contributed by atoms with Crippen molar-refractivity contribution in [3.63, 3.8) is 0 Å². The second kappa shape index (κ2) is 4.15. The minimum atomic E-state index is -0.326. The molecule has 2 aliphatic heterocycles. The molecule has 16 heavy (non-hydrogen) atoms. The van der Waals surface area contributed by atoms with Gasteiger partial charge in [-0.1, -0.05) is 0 Å². The normalized spacial score (nSPS) is 23.4. The van der Waals surface area contributed by atoms with E-state index in [1.807, 2.05) is 0 Å². The summed E-state index contributed by atoms with van der Waals surface area (Å²) < 4.78 is 9.48. The first-order valence-electron chi connectivity index (χ1n) is 5.33. The smallest absolute Gasteiger partial charge is 0.335 e. The molecule has 0 N–H and O–H groups in total. The van der Waals surface area contributed by atoms with E-state index in [2.05, 4.69) is 4.90 Å². The summed E-state index contributed by atoms with van der Waals surface area (Å²) >= 11 is 0. The van der Waals surface area contributed by atoms with Crippen molar-refractivity contribution in [2.75, 3.05) is 27.3 Å². The molecule has 1 atom stereocenters. The average Bonchev–Trinajstić information content (AvgIpc) is 2.87. The molecule has 0 saturated carbocycles. The molecular weight excluding hydrogens is 210 g/mol. The maximum atomic E-state index is 11.6. The largest absolute Gasteiger partial charge is 0.469 e. The molecule has 2 aliphatic rings. The van der Waals surface area contributed by atoms with Gasteiger partial charge in [-0.25, -0.2) is 4.79 Å². The van der Waals surface area contributed by atoms with Crippen LogP contribution in [0.2, 0.25) is 0 Å². The van der Waals surface area contributed by atoms with E-state index in [4.69, 9.17) is 9.47 Å². The third-order valence-electron chi connectivity index (χ3n) is 3.22. The van der Waals surface area contributed by atoms with E-state index in [1.54, 1.807) is 0 Å². The summed E-state index contributed by atoms with van der Waals surface area (Å²) in [6.07, 6.45) is 1.39. The minimum absolute atomic E-state index is 0.263. The molecule has 0 bridgehead atoms. The van der Waals surface area contributed by atoms with Crippen LogP contribution in [0, 0.1) is 5.92 Å². The molecule has 88 valence electrons. The van der Waals surface area contributed by atoms with Gasteiger partial charge in [0.1, 0.15) is 0 Å². The van der Waals surface area contributed by atoms with Crippen LogP contribution >= 0.6 is 0 Å². The highest BCUT2D eigenvalue weighted by Crippen LogP contribution is 2.37. The average molecular weight is 225 g/mol. The lowest BCUT2D eigenvalue weighted by Crippen LogP contribution is -2.20. The quantitative estimate of drug-likeness (QED) is 0.633. The van der Waals surface area contributed by atoms with Gasteiger partial charge < -0.3 is 14.4 Å². The number of carbonyl (C=O) groups excluding carboxylic acids is 2. The van der Waals surface area contributed by atoms with Crippen LogP contribution in [0.25, 0.3) is 0 Å². The van der Waals surface area contributed by atoms with Crippen LogP contribution in [0.3, 0.4) is 0 Å². The zero-order chi connectivity index (χ0) is 11.7. The molecule has 2 heterocycles. The lowest BCUT2D eigenvalue weighted by atomic mass is 10.0. The molecule has 2 rings (SSSR count).